The Labute approximate surface area is 165 Å². The maximum Gasteiger partial charge on any atom is 0.422 e. The van der Waals surface area contributed by atoms with Crippen molar-refractivity contribution in [1.29, 1.82) is 0 Å². The molecule has 0 bridgehead atoms. The summed E-state index contributed by atoms with van der Waals surface area (Å²) in [4.78, 5) is 13.9. The minimum atomic E-state index is -4.39. The summed E-state index contributed by atoms with van der Waals surface area (Å²) in [5, 5.41) is 2.83. The van der Waals surface area contributed by atoms with Crippen LogP contribution in [0.15, 0.2) is 22.7 Å². The molecule has 0 radical (unpaired) electrons. The van der Waals surface area contributed by atoms with Crippen molar-refractivity contribution < 1.29 is 27.4 Å². The molecule has 1 aliphatic rings. The lowest BCUT2D eigenvalue weighted by molar-refractivity contribution is -0.153. The van der Waals surface area contributed by atoms with E-state index >= 15 is 0 Å². The molecule has 27 heavy (non-hydrogen) atoms. The van der Waals surface area contributed by atoms with E-state index in [0.717, 1.165) is 10.9 Å². The molecule has 1 unspecified atom stereocenters. The first-order chi connectivity index (χ1) is 12.4. The minimum absolute atomic E-state index is 0.0634. The molecule has 9 heteroatoms. The van der Waals surface area contributed by atoms with E-state index in [2.05, 4.69) is 26.1 Å². The summed E-state index contributed by atoms with van der Waals surface area (Å²) in [5.74, 6) is 0.207. The highest BCUT2D eigenvalue weighted by Crippen LogP contribution is 2.28. The summed E-state index contributed by atoms with van der Waals surface area (Å²) in [6.07, 6.45) is -4.11. The van der Waals surface area contributed by atoms with E-state index in [1.54, 1.807) is 32.9 Å². The van der Waals surface area contributed by atoms with E-state index < -0.39 is 24.5 Å². The second-order valence-electron chi connectivity index (χ2n) is 7.52. The molecule has 1 aromatic rings. The lowest BCUT2D eigenvalue weighted by Gasteiger charge is -2.22. The van der Waals surface area contributed by atoms with E-state index in [1.165, 1.54) is 6.07 Å². The molecule has 0 aromatic heterocycles. The quantitative estimate of drug-likeness (QED) is 0.714. The molecule has 1 aliphatic heterocycles. The van der Waals surface area contributed by atoms with Crippen LogP contribution < -0.4 is 10.1 Å². The maximum atomic E-state index is 12.5. The van der Waals surface area contributed by atoms with Gasteiger partial charge in [0.25, 0.3) is 0 Å². The van der Waals surface area contributed by atoms with Crippen LogP contribution in [-0.4, -0.2) is 48.5 Å². The lowest BCUT2D eigenvalue weighted by atomic mass is 10.2. The number of ether oxygens (including phenoxy) is 2. The third-order valence-corrected chi connectivity index (χ3v) is 4.29. The molecule has 1 fully saturated rings. The number of amides is 1. The van der Waals surface area contributed by atoms with Crippen molar-refractivity contribution in [3.63, 3.8) is 0 Å². The predicted molar refractivity (Wildman–Crippen MR) is 98.7 cm³/mol. The fourth-order valence-corrected chi connectivity index (χ4v) is 3.19. The Morgan fingerprint density at radius 1 is 1.33 bits per heavy atom. The van der Waals surface area contributed by atoms with Crippen LogP contribution in [0.5, 0.6) is 5.75 Å². The number of alkyl carbamates (subject to hydrolysis) is 1. The minimum Gasteiger partial charge on any atom is -0.484 e. The van der Waals surface area contributed by atoms with Crippen LogP contribution >= 0.6 is 15.9 Å². The van der Waals surface area contributed by atoms with Crippen molar-refractivity contribution in [2.75, 3.05) is 19.7 Å². The highest BCUT2D eigenvalue weighted by Gasteiger charge is 2.30. The van der Waals surface area contributed by atoms with Gasteiger partial charge in [-0.15, -0.1) is 0 Å². The number of alkyl halides is 3. The molecule has 2 rings (SSSR count). The summed E-state index contributed by atoms with van der Waals surface area (Å²) in [7, 11) is 0. The normalized spacial score (nSPS) is 18.4. The Morgan fingerprint density at radius 2 is 2.04 bits per heavy atom. The SMILES string of the molecule is CC(C)(C)OC(=O)NC1CCN(Cc2cc(Br)ccc2OCC(F)(F)F)C1. The Kier molecular flexibility index (Phi) is 7.02. The number of nitrogens with one attached hydrogen (secondary N) is 1. The number of hydrogen-bond acceptors (Lipinski definition) is 4. The van der Waals surface area contributed by atoms with Crippen LogP contribution in [0.1, 0.15) is 32.8 Å². The van der Waals surface area contributed by atoms with Crippen LogP contribution in [0.4, 0.5) is 18.0 Å². The Bertz CT molecular complexity index is 662. The van der Waals surface area contributed by atoms with Gasteiger partial charge in [-0.25, -0.2) is 4.79 Å². The number of rotatable bonds is 5. The second kappa shape index (κ2) is 8.68. The van der Waals surface area contributed by atoms with Crippen LogP contribution in [0.25, 0.3) is 0 Å². The van der Waals surface area contributed by atoms with Crippen molar-refractivity contribution in [3.05, 3.63) is 28.2 Å². The van der Waals surface area contributed by atoms with Gasteiger partial charge in [0.1, 0.15) is 11.4 Å². The summed E-state index contributed by atoms with van der Waals surface area (Å²) in [5.41, 5.74) is 0.0928. The molecule has 152 valence electrons. The fraction of sp³-hybridized carbons (Fsp3) is 0.611. The molecule has 1 N–H and O–H groups in total. The van der Waals surface area contributed by atoms with E-state index in [9.17, 15) is 18.0 Å². The molecule has 1 saturated heterocycles. The molecular weight excluding hydrogens is 429 g/mol. The van der Waals surface area contributed by atoms with Gasteiger partial charge in [0.05, 0.1) is 0 Å². The van der Waals surface area contributed by atoms with Crippen molar-refractivity contribution in [1.82, 2.24) is 10.2 Å². The van der Waals surface area contributed by atoms with E-state index in [0.29, 0.717) is 25.2 Å². The Balaban J connectivity index is 1.94. The first-order valence-corrected chi connectivity index (χ1v) is 9.40. The van der Waals surface area contributed by atoms with E-state index in [4.69, 9.17) is 9.47 Å². The average molecular weight is 453 g/mol. The van der Waals surface area contributed by atoms with Crippen LogP contribution in [0, 0.1) is 0 Å². The van der Waals surface area contributed by atoms with Gasteiger partial charge in [0.15, 0.2) is 6.61 Å². The summed E-state index contributed by atoms with van der Waals surface area (Å²) < 4.78 is 48.3. The first kappa shape index (κ1) is 21.8. The molecular formula is C18H24BrF3N2O3. The maximum absolute atomic E-state index is 12.5. The highest BCUT2D eigenvalue weighted by molar-refractivity contribution is 9.10. The number of benzene rings is 1. The van der Waals surface area contributed by atoms with E-state index in [1.807, 2.05) is 0 Å². The third-order valence-electron chi connectivity index (χ3n) is 3.80. The van der Waals surface area contributed by atoms with Gasteiger partial charge in [-0.2, -0.15) is 13.2 Å². The molecule has 0 aliphatic carbocycles. The van der Waals surface area contributed by atoms with Gasteiger partial charge in [0.2, 0.25) is 0 Å². The van der Waals surface area contributed by atoms with Crippen molar-refractivity contribution in [3.8, 4) is 5.75 Å². The average Bonchev–Trinajstić information content (AvgIpc) is 2.90. The molecule has 1 atom stereocenters. The van der Waals surface area contributed by atoms with Crippen LogP contribution in [0.3, 0.4) is 0 Å². The second-order valence-corrected chi connectivity index (χ2v) is 8.44. The van der Waals surface area contributed by atoms with Crippen molar-refractivity contribution >= 4 is 22.0 Å². The third kappa shape index (κ3) is 7.96. The fourth-order valence-electron chi connectivity index (χ4n) is 2.78. The Hall–Kier alpha value is -1.48. The topological polar surface area (TPSA) is 50.8 Å². The lowest BCUT2D eigenvalue weighted by Crippen LogP contribution is -2.40. The Morgan fingerprint density at radius 3 is 2.67 bits per heavy atom. The number of likely N-dealkylation sites (tertiary alicyclic amines) is 1. The van der Waals surface area contributed by atoms with Crippen molar-refractivity contribution in [2.24, 2.45) is 0 Å². The van der Waals surface area contributed by atoms with Crippen LogP contribution in [-0.2, 0) is 11.3 Å². The summed E-state index contributed by atoms with van der Waals surface area (Å²) >= 11 is 3.34. The zero-order chi connectivity index (χ0) is 20.2. The summed E-state index contributed by atoms with van der Waals surface area (Å²) in [6.45, 7) is 5.79. The molecule has 1 aromatic carbocycles. The van der Waals surface area contributed by atoms with Crippen molar-refractivity contribution in [2.45, 2.75) is 51.6 Å². The highest BCUT2D eigenvalue weighted by atomic mass is 79.9. The van der Waals surface area contributed by atoms with Gasteiger partial charge in [-0.1, -0.05) is 15.9 Å². The predicted octanol–water partition coefficient (Wildman–Crippen LogP) is 4.49. The van der Waals surface area contributed by atoms with Gasteiger partial charge in [0, 0.05) is 35.7 Å². The largest absolute Gasteiger partial charge is 0.484 e. The monoisotopic (exact) mass is 452 g/mol. The number of carbonyl (C=O) groups excluding carboxylic acids is 1. The standard InChI is InChI=1S/C18H24BrF3N2O3/c1-17(2,3)27-16(25)23-14-6-7-24(10-14)9-12-8-13(19)4-5-15(12)26-11-18(20,21)22/h4-5,8,14H,6-7,9-11H2,1-3H3,(H,23,25). The molecule has 5 nitrogen and oxygen atoms in total. The first-order valence-electron chi connectivity index (χ1n) is 8.61. The van der Waals surface area contributed by atoms with Gasteiger partial charge in [-0.3, -0.25) is 4.90 Å². The summed E-state index contributed by atoms with van der Waals surface area (Å²) in [6, 6.07) is 4.86. The molecule has 0 spiro atoms. The number of halogens is 4. The number of nitrogens with zero attached hydrogens (tertiary/aromatic N) is 1. The molecule has 1 heterocycles. The van der Waals surface area contributed by atoms with Gasteiger partial charge in [-0.05, 0) is 45.4 Å². The van der Waals surface area contributed by atoms with Crippen LogP contribution in [0.2, 0.25) is 0 Å². The van der Waals surface area contributed by atoms with Gasteiger partial charge >= 0.3 is 12.3 Å². The molecule has 1 amide bonds. The van der Waals surface area contributed by atoms with Gasteiger partial charge < -0.3 is 14.8 Å². The zero-order valence-electron chi connectivity index (χ0n) is 15.5. The number of hydrogen-bond donors (Lipinski definition) is 1. The zero-order valence-corrected chi connectivity index (χ0v) is 17.1. The van der Waals surface area contributed by atoms with E-state index in [-0.39, 0.29) is 11.8 Å². The number of carbonyl (C=O) groups is 1. The smallest absolute Gasteiger partial charge is 0.422 e. The molecule has 0 saturated carbocycles.